The number of thioether (sulfide) groups is 1. The first-order chi connectivity index (χ1) is 14.5. The Balaban J connectivity index is 1.61. The van der Waals surface area contributed by atoms with Crippen molar-refractivity contribution >= 4 is 17.7 Å². The summed E-state index contributed by atoms with van der Waals surface area (Å²) in [4.78, 5) is 19.1. The number of likely N-dealkylation sites (tertiary alicyclic amines) is 1. The first-order valence-corrected chi connectivity index (χ1v) is 11.3. The molecule has 1 saturated heterocycles. The number of amides is 1. The molecule has 1 fully saturated rings. The minimum atomic E-state index is 0.167. The highest BCUT2D eigenvalue weighted by atomic mass is 32.2. The highest BCUT2D eigenvalue weighted by Gasteiger charge is 2.26. The fourth-order valence-electron chi connectivity index (χ4n) is 4.16. The van der Waals surface area contributed by atoms with Crippen molar-refractivity contribution in [2.24, 2.45) is 11.8 Å². The number of nitrogens with zero attached hydrogens (tertiary/aromatic N) is 5. The molecule has 2 atom stereocenters. The van der Waals surface area contributed by atoms with Crippen molar-refractivity contribution in [3.05, 3.63) is 54.4 Å². The first kappa shape index (κ1) is 20.6. The van der Waals surface area contributed by atoms with Gasteiger partial charge < -0.3 is 4.90 Å². The van der Waals surface area contributed by atoms with Crippen LogP contribution in [-0.4, -0.2) is 49.4 Å². The molecular weight excluding hydrogens is 394 g/mol. The van der Waals surface area contributed by atoms with Crippen molar-refractivity contribution in [2.75, 3.05) is 18.8 Å². The molecule has 4 rings (SSSR count). The summed E-state index contributed by atoms with van der Waals surface area (Å²) in [6.07, 6.45) is 4.72. The van der Waals surface area contributed by atoms with Crippen LogP contribution in [0.4, 0.5) is 0 Å². The van der Waals surface area contributed by atoms with E-state index in [4.69, 9.17) is 0 Å². The van der Waals surface area contributed by atoms with Gasteiger partial charge >= 0.3 is 0 Å². The largest absolute Gasteiger partial charge is 0.341 e. The molecule has 156 valence electrons. The van der Waals surface area contributed by atoms with Crippen LogP contribution in [0.25, 0.3) is 17.1 Å². The number of carbonyl (C=O) groups excluding carboxylic acids is 1. The van der Waals surface area contributed by atoms with Gasteiger partial charge in [-0.15, -0.1) is 10.2 Å². The summed E-state index contributed by atoms with van der Waals surface area (Å²) in [5, 5.41) is 9.60. The molecule has 0 spiro atoms. The second-order valence-electron chi connectivity index (χ2n) is 8.20. The molecule has 1 aliphatic heterocycles. The molecule has 0 bridgehead atoms. The van der Waals surface area contributed by atoms with E-state index >= 15 is 0 Å². The second kappa shape index (κ2) is 9.00. The molecule has 0 saturated carbocycles. The number of hydrogen-bond acceptors (Lipinski definition) is 5. The quantitative estimate of drug-likeness (QED) is 0.577. The van der Waals surface area contributed by atoms with Crippen molar-refractivity contribution in [2.45, 2.75) is 32.3 Å². The number of benzene rings is 1. The topological polar surface area (TPSA) is 63.9 Å². The lowest BCUT2D eigenvalue weighted by Crippen LogP contribution is -2.43. The summed E-state index contributed by atoms with van der Waals surface area (Å²) < 4.78 is 2.03. The zero-order valence-electron chi connectivity index (χ0n) is 17.7. The Morgan fingerprint density at radius 1 is 1.10 bits per heavy atom. The van der Waals surface area contributed by atoms with Crippen LogP contribution >= 0.6 is 11.8 Å². The van der Waals surface area contributed by atoms with E-state index < -0.39 is 0 Å². The lowest BCUT2D eigenvalue weighted by molar-refractivity contribution is -0.130. The van der Waals surface area contributed by atoms with Gasteiger partial charge in [-0.3, -0.25) is 14.3 Å². The summed E-state index contributed by atoms with van der Waals surface area (Å²) in [5.74, 6) is 2.36. The lowest BCUT2D eigenvalue weighted by atomic mass is 9.92. The summed E-state index contributed by atoms with van der Waals surface area (Å²) >= 11 is 1.45. The number of para-hydroxylation sites is 1. The third-order valence-corrected chi connectivity index (χ3v) is 6.37. The van der Waals surface area contributed by atoms with Gasteiger partial charge in [0.2, 0.25) is 5.91 Å². The Kier molecular flexibility index (Phi) is 6.18. The van der Waals surface area contributed by atoms with Crippen LogP contribution in [0, 0.1) is 18.8 Å². The van der Waals surface area contributed by atoms with Gasteiger partial charge in [0.1, 0.15) is 0 Å². The molecule has 3 aromatic rings. The van der Waals surface area contributed by atoms with Gasteiger partial charge in [-0.2, -0.15) is 0 Å². The molecule has 30 heavy (non-hydrogen) atoms. The first-order valence-electron chi connectivity index (χ1n) is 10.4. The van der Waals surface area contributed by atoms with Gasteiger partial charge in [-0.25, -0.2) is 0 Å². The molecule has 3 heterocycles. The Labute approximate surface area is 181 Å². The third kappa shape index (κ3) is 4.41. The molecule has 1 aromatic carbocycles. The second-order valence-corrected chi connectivity index (χ2v) is 9.15. The van der Waals surface area contributed by atoms with Crippen molar-refractivity contribution in [3.8, 4) is 17.1 Å². The maximum Gasteiger partial charge on any atom is 0.233 e. The number of piperidine rings is 1. The number of carbonyl (C=O) groups is 1. The molecule has 7 heteroatoms. The van der Waals surface area contributed by atoms with E-state index in [9.17, 15) is 4.79 Å². The molecule has 2 aromatic heterocycles. The van der Waals surface area contributed by atoms with Crippen molar-refractivity contribution in [1.82, 2.24) is 24.6 Å². The van der Waals surface area contributed by atoms with Crippen LogP contribution in [0.2, 0.25) is 0 Å². The van der Waals surface area contributed by atoms with Crippen LogP contribution < -0.4 is 0 Å². The molecule has 1 aliphatic rings. The molecule has 6 nitrogen and oxygen atoms in total. The van der Waals surface area contributed by atoms with Gasteiger partial charge in [0, 0.05) is 31.0 Å². The Morgan fingerprint density at radius 2 is 1.87 bits per heavy atom. The monoisotopic (exact) mass is 421 g/mol. The van der Waals surface area contributed by atoms with E-state index in [0.29, 0.717) is 17.6 Å². The highest BCUT2D eigenvalue weighted by molar-refractivity contribution is 7.99. The van der Waals surface area contributed by atoms with Crippen LogP contribution in [0.3, 0.4) is 0 Å². The van der Waals surface area contributed by atoms with Gasteiger partial charge in [0.15, 0.2) is 11.0 Å². The number of hydrogen-bond donors (Lipinski definition) is 0. The van der Waals surface area contributed by atoms with Crippen LogP contribution in [0.5, 0.6) is 0 Å². The van der Waals surface area contributed by atoms with Gasteiger partial charge in [-0.1, -0.05) is 43.8 Å². The van der Waals surface area contributed by atoms with Gasteiger partial charge in [-0.05, 0) is 48.9 Å². The number of aryl methyl sites for hydroxylation is 1. The van der Waals surface area contributed by atoms with E-state index in [2.05, 4.69) is 48.1 Å². The Bertz CT molecular complexity index is 1010. The zero-order chi connectivity index (χ0) is 21.1. The van der Waals surface area contributed by atoms with E-state index in [-0.39, 0.29) is 5.91 Å². The highest BCUT2D eigenvalue weighted by Crippen LogP contribution is 2.30. The Morgan fingerprint density at radius 3 is 2.57 bits per heavy atom. The number of aromatic nitrogens is 4. The van der Waals surface area contributed by atoms with Crippen molar-refractivity contribution in [1.29, 1.82) is 0 Å². The van der Waals surface area contributed by atoms with Crippen molar-refractivity contribution < 1.29 is 4.79 Å². The average molecular weight is 422 g/mol. The molecule has 0 radical (unpaired) electrons. The summed E-state index contributed by atoms with van der Waals surface area (Å²) in [6.45, 7) is 8.19. The van der Waals surface area contributed by atoms with Crippen LogP contribution in [-0.2, 0) is 4.79 Å². The standard InChI is InChI=1S/C23H27N5OS/c1-16-11-17(2)14-27(13-16)21(29)15-30-23-26-25-22(19-8-6-10-24-12-19)28(23)20-9-5-4-7-18(20)3/h4-10,12,16-17H,11,13-15H2,1-3H3/t16-,17-/m1/s1. The average Bonchev–Trinajstić information content (AvgIpc) is 3.16. The molecule has 0 unspecified atom stereocenters. The van der Waals surface area contributed by atoms with E-state index in [0.717, 1.165) is 40.9 Å². The fraction of sp³-hybridized carbons (Fsp3) is 0.391. The molecular formula is C23H27N5OS. The van der Waals surface area contributed by atoms with E-state index in [1.165, 1.54) is 18.2 Å². The lowest BCUT2D eigenvalue weighted by Gasteiger charge is -2.35. The van der Waals surface area contributed by atoms with E-state index in [1.807, 2.05) is 33.7 Å². The SMILES string of the molecule is Cc1ccccc1-n1c(SCC(=O)N2C[C@H](C)C[C@@H](C)C2)nnc1-c1cccnc1. The van der Waals surface area contributed by atoms with Crippen LogP contribution in [0.15, 0.2) is 53.9 Å². The van der Waals surface area contributed by atoms with Crippen LogP contribution in [0.1, 0.15) is 25.8 Å². The third-order valence-electron chi connectivity index (χ3n) is 5.46. The minimum Gasteiger partial charge on any atom is -0.341 e. The summed E-state index contributed by atoms with van der Waals surface area (Å²) in [6, 6.07) is 12.0. The molecule has 0 aliphatic carbocycles. The predicted molar refractivity (Wildman–Crippen MR) is 120 cm³/mol. The van der Waals surface area contributed by atoms with Gasteiger partial charge in [0.25, 0.3) is 0 Å². The normalized spacial score (nSPS) is 19.1. The minimum absolute atomic E-state index is 0.167. The Hall–Kier alpha value is -2.67. The molecule has 1 amide bonds. The van der Waals surface area contributed by atoms with Crippen molar-refractivity contribution in [3.63, 3.8) is 0 Å². The number of pyridine rings is 1. The predicted octanol–water partition coefficient (Wildman–Crippen LogP) is 4.23. The summed E-state index contributed by atoms with van der Waals surface area (Å²) in [7, 11) is 0. The fourth-order valence-corrected chi connectivity index (χ4v) is 5.01. The summed E-state index contributed by atoms with van der Waals surface area (Å²) in [5.41, 5.74) is 3.02. The number of rotatable bonds is 5. The zero-order valence-corrected chi connectivity index (χ0v) is 18.5. The molecule has 0 N–H and O–H groups in total. The van der Waals surface area contributed by atoms with Gasteiger partial charge in [0.05, 0.1) is 11.4 Å². The maximum absolute atomic E-state index is 12.9. The van der Waals surface area contributed by atoms with E-state index in [1.54, 1.807) is 12.4 Å². The smallest absolute Gasteiger partial charge is 0.233 e. The maximum atomic E-state index is 12.9.